The van der Waals surface area contributed by atoms with E-state index in [0.717, 1.165) is 0 Å². The SMILES string of the molecule is CC(C)N1C(=O)c2ccc(C(=O)NCCNC(=O)CNC(=O)c3ccccc3)cc2C1=O. The smallest absolute Gasteiger partial charge is 0.261 e. The van der Waals surface area contributed by atoms with Gasteiger partial charge in [-0.05, 0) is 44.2 Å². The molecule has 3 N–H and O–H groups in total. The average molecular weight is 436 g/mol. The number of benzene rings is 2. The van der Waals surface area contributed by atoms with Gasteiger partial charge in [-0.25, -0.2) is 0 Å². The molecule has 2 aromatic rings. The zero-order valence-corrected chi connectivity index (χ0v) is 17.8. The Morgan fingerprint density at radius 2 is 1.41 bits per heavy atom. The van der Waals surface area contributed by atoms with Gasteiger partial charge in [-0.3, -0.25) is 28.9 Å². The molecule has 0 atom stereocenters. The zero-order valence-electron chi connectivity index (χ0n) is 17.8. The summed E-state index contributed by atoms with van der Waals surface area (Å²) >= 11 is 0. The summed E-state index contributed by atoms with van der Waals surface area (Å²) in [6, 6.07) is 12.6. The molecule has 0 spiro atoms. The third-order valence-electron chi connectivity index (χ3n) is 4.87. The van der Waals surface area contributed by atoms with Crippen LogP contribution in [0.3, 0.4) is 0 Å². The van der Waals surface area contributed by atoms with Gasteiger partial charge in [0.15, 0.2) is 0 Å². The second kappa shape index (κ2) is 9.86. The van der Waals surface area contributed by atoms with E-state index in [1.165, 1.54) is 23.1 Å². The Bertz CT molecular complexity index is 1070. The topological polar surface area (TPSA) is 125 Å². The molecule has 0 radical (unpaired) electrons. The Morgan fingerprint density at radius 1 is 0.781 bits per heavy atom. The molecule has 0 saturated carbocycles. The highest BCUT2D eigenvalue weighted by Gasteiger charge is 2.37. The second-order valence-electron chi connectivity index (χ2n) is 7.49. The lowest BCUT2D eigenvalue weighted by molar-refractivity contribution is -0.120. The number of imide groups is 1. The first-order valence-electron chi connectivity index (χ1n) is 10.2. The number of amides is 5. The van der Waals surface area contributed by atoms with Gasteiger partial charge in [-0.2, -0.15) is 0 Å². The number of hydrogen-bond acceptors (Lipinski definition) is 5. The van der Waals surface area contributed by atoms with Crippen molar-refractivity contribution in [3.63, 3.8) is 0 Å². The summed E-state index contributed by atoms with van der Waals surface area (Å²) in [4.78, 5) is 62.1. The first kappa shape index (κ1) is 22.7. The van der Waals surface area contributed by atoms with Gasteiger partial charge >= 0.3 is 0 Å². The Balaban J connectivity index is 1.44. The van der Waals surface area contributed by atoms with Crippen LogP contribution in [0.15, 0.2) is 48.5 Å². The standard InChI is InChI=1S/C23H24N4O5/c1-14(2)27-22(31)17-9-8-16(12-18(17)23(27)32)21(30)25-11-10-24-19(28)13-26-20(29)15-6-4-3-5-7-15/h3-9,12,14H,10-11,13H2,1-2H3,(H,24,28)(H,25,30)(H,26,29). The fourth-order valence-corrected chi connectivity index (χ4v) is 3.26. The maximum atomic E-state index is 12.5. The number of nitrogens with zero attached hydrogens (tertiary/aromatic N) is 1. The maximum absolute atomic E-state index is 12.5. The van der Waals surface area contributed by atoms with Gasteiger partial charge in [0.25, 0.3) is 23.6 Å². The van der Waals surface area contributed by atoms with Crippen LogP contribution in [0.1, 0.15) is 55.3 Å². The van der Waals surface area contributed by atoms with E-state index < -0.39 is 11.8 Å². The number of hydrogen-bond donors (Lipinski definition) is 3. The van der Waals surface area contributed by atoms with Crippen LogP contribution in [0.25, 0.3) is 0 Å². The number of carbonyl (C=O) groups is 5. The van der Waals surface area contributed by atoms with Crippen LogP contribution in [0, 0.1) is 0 Å². The van der Waals surface area contributed by atoms with E-state index in [0.29, 0.717) is 5.56 Å². The number of nitrogens with one attached hydrogen (secondary N) is 3. The summed E-state index contributed by atoms with van der Waals surface area (Å²) in [6.45, 7) is 3.62. The maximum Gasteiger partial charge on any atom is 0.261 e. The minimum absolute atomic E-state index is 0.152. The molecule has 0 aromatic heterocycles. The Morgan fingerprint density at radius 3 is 2.09 bits per heavy atom. The lowest BCUT2D eigenvalue weighted by Gasteiger charge is -2.17. The molecule has 9 heteroatoms. The molecule has 0 bridgehead atoms. The molecule has 1 heterocycles. The molecule has 1 aliphatic heterocycles. The van der Waals surface area contributed by atoms with E-state index in [-0.39, 0.29) is 60.1 Å². The Kier molecular flexibility index (Phi) is 6.99. The lowest BCUT2D eigenvalue weighted by Crippen LogP contribution is -2.40. The molecular formula is C23H24N4O5. The third-order valence-corrected chi connectivity index (χ3v) is 4.87. The number of rotatable bonds is 8. The van der Waals surface area contributed by atoms with Gasteiger partial charge in [0.05, 0.1) is 17.7 Å². The van der Waals surface area contributed by atoms with Crippen LogP contribution in [0.2, 0.25) is 0 Å². The van der Waals surface area contributed by atoms with Crippen molar-refractivity contribution in [1.82, 2.24) is 20.9 Å². The molecular weight excluding hydrogens is 412 g/mol. The first-order chi connectivity index (χ1) is 15.3. The van der Waals surface area contributed by atoms with Gasteiger partial charge in [-0.1, -0.05) is 18.2 Å². The first-order valence-corrected chi connectivity index (χ1v) is 10.2. The molecule has 0 aliphatic carbocycles. The average Bonchev–Trinajstić information content (AvgIpc) is 3.05. The Hall–Kier alpha value is -4.01. The molecule has 0 saturated heterocycles. The van der Waals surface area contributed by atoms with Crippen molar-refractivity contribution in [3.05, 3.63) is 70.8 Å². The van der Waals surface area contributed by atoms with Crippen LogP contribution in [-0.4, -0.2) is 60.1 Å². The van der Waals surface area contributed by atoms with Crippen molar-refractivity contribution in [2.24, 2.45) is 0 Å². The van der Waals surface area contributed by atoms with Gasteiger partial charge in [0, 0.05) is 30.3 Å². The summed E-state index contributed by atoms with van der Waals surface area (Å²) in [5.74, 6) is -1.95. The molecule has 5 amide bonds. The van der Waals surface area contributed by atoms with Crippen LogP contribution in [0.4, 0.5) is 0 Å². The van der Waals surface area contributed by atoms with Gasteiger partial charge in [0.2, 0.25) is 5.91 Å². The molecule has 1 aliphatic rings. The highest BCUT2D eigenvalue weighted by molar-refractivity contribution is 6.22. The summed E-state index contributed by atoms with van der Waals surface area (Å²) in [5, 5.41) is 7.76. The highest BCUT2D eigenvalue weighted by Crippen LogP contribution is 2.25. The Labute approximate surface area is 185 Å². The second-order valence-corrected chi connectivity index (χ2v) is 7.49. The van der Waals surface area contributed by atoms with Crippen molar-refractivity contribution in [2.45, 2.75) is 19.9 Å². The molecule has 2 aromatic carbocycles. The fraction of sp³-hybridized carbons (Fsp3) is 0.261. The number of carbonyl (C=O) groups excluding carboxylic acids is 5. The summed E-state index contributed by atoms with van der Waals surface area (Å²) in [7, 11) is 0. The molecule has 3 rings (SSSR count). The van der Waals surface area contributed by atoms with Crippen molar-refractivity contribution in [3.8, 4) is 0 Å². The van der Waals surface area contributed by atoms with Gasteiger partial charge in [-0.15, -0.1) is 0 Å². The van der Waals surface area contributed by atoms with Crippen molar-refractivity contribution >= 4 is 29.5 Å². The quantitative estimate of drug-likeness (QED) is 0.420. The zero-order chi connectivity index (χ0) is 23.3. The van der Waals surface area contributed by atoms with E-state index in [2.05, 4.69) is 16.0 Å². The minimum atomic E-state index is -0.428. The molecule has 9 nitrogen and oxygen atoms in total. The molecule has 32 heavy (non-hydrogen) atoms. The monoisotopic (exact) mass is 436 g/mol. The van der Waals surface area contributed by atoms with Crippen LogP contribution < -0.4 is 16.0 Å². The van der Waals surface area contributed by atoms with Crippen LogP contribution in [-0.2, 0) is 4.79 Å². The summed E-state index contributed by atoms with van der Waals surface area (Å²) < 4.78 is 0. The largest absolute Gasteiger partial charge is 0.353 e. The molecule has 0 fully saturated rings. The van der Waals surface area contributed by atoms with Crippen LogP contribution in [0.5, 0.6) is 0 Å². The van der Waals surface area contributed by atoms with E-state index in [1.54, 1.807) is 44.2 Å². The third kappa shape index (κ3) is 5.00. The van der Waals surface area contributed by atoms with Crippen molar-refractivity contribution in [1.29, 1.82) is 0 Å². The highest BCUT2D eigenvalue weighted by atomic mass is 16.2. The number of fused-ring (bicyclic) bond motifs is 1. The predicted molar refractivity (Wildman–Crippen MR) is 116 cm³/mol. The van der Waals surface area contributed by atoms with Crippen LogP contribution >= 0.6 is 0 Å². The lowest BCUT2D eigenvalue weighted by atomic mass is 10.1. The molecule has 0 unspecified atom stereocenters. The predicted octanol–water partition coefficient (Wildman–Crippen LogP) is 0.967. The van der Waals surface area contributed by atoms with Crippen molar-refractivity contribution < 1.29 is 24.0 Å². The van der Waals surface area contributed by atoms with Gasteiger partial charge < -0.3 is 16.0 Å². The summed E-state index contributed by atoms with van der Waals surface area (Å²) in [6.07, 6.45) is 0. The van der Waals surface area contributed by atoms with E-state index in [9.17, 15) is 24.0 Å². The fourth-order valence-electron chi connectivity index (χ4n) is 3.26. The van der Waals surface area contributed by atoms with Crippen molar-refractivity contribution in [2.75, 3.05) is 19.6 Å². The van der Waals surface area contributed by atoms with E-state index in [4.69, 9.17) is 0 Å². The summed E-state index contributed by atoms with van der Waals surface area (Å²) in [5.41, 5.74) is 1.19. The van der Waals surface area contributed by atoms with Gasteiger partial charge in [0.1, 0.15) is 0 Å². The van der Waals surface area contributed by atoms with E-state index >= 15 is 0 Å². The minimum Gasteiger partial charge on any atom is -0.353 e. The normalized spacial score (nSPS) is 12.5. The molecule has 166 valence electrons. The van der Waals surface area contributed by atoms with E-state index in [1.807, 2.05) is 0 Å².